The number of carbonyl (C=O) groups is 2. The van der Waals surface area contributed by atoms with Crippen molar-refractivity contribution in [1.82, 2.24) is 25.2 Å². The Morgan fingerprint density at radius 1 is 0.814 bits per heavy atom. The van der Waals surface area contributed by atoms with Crippen LogP contribution in [0.2, 0.25) is 0 Å². The van der Waals surface area contributed by atoms with Crippen LogP contribution < -0.4 is 20.9 Å². The number of urea groups is 1. The van der Waals surface area contributed by atoms with Crippen LogP contribution in [0.3, 0.4) is 0 Å². The molecule has 3 fully saturated rings. The zero-order chi connectivity index (χ0) is 29.9. The van der Waals surface area contributed by atoms with Gasteiger partial charge in [0.1, 0.15) is 6.33 Å². The Bertz CT molecular complexity index is 1310. The molecule has 3 N–H and O–H groups in total. The molecule has 12 nitrogen and oxygen atoms in total. The second kappa shape index (κ2) is 15.4. The molecule has 0 atom stereocenters. The van der Waals surface area contributed by atoms with Crippen molar-refractivity contribution in [2.75, 3.05) is 81.2 Å². The number of rotatable bonds is 5. The molecule has 0 radical (unpaired) electrons. The number of carbonyl (C=O) groups excluding carboxylic acids is 2. The van der Waals surface area contributed by atoms with Crippen LogP contribution in [-0.4, -0.2) is 97.5 Å². The molecule has 0 saturated carbocycles. The molecule has 4 heterocycles. The molecule has 3 amide bonds. The van der Waals surface area contributed by atoms with Crippen molar-refractivity contribution in [3.63, 3.8) is 0 Å². The van der Waals surface area contributed by atoms with Gasteiger partial charge in [-0.15, -0.1) is 0 Å². The topological polar surface area (TPSA) is 134 Å². The number of piperidine rings is 1. The number of amides is 3. The van der Waals surface area contributed by atoms with Crippen LogP contribution in [-0.2, 0) is 9.47 Å². The van der Waals surface area contributed by atoms with E-state index in [2.05, 4.69) is 42.7 Å². The fraction of sp³-hybridized carbons (Fsp3) is 0.452. The maximum atomic E-state index is 12.7. The molecule has 3 aromatic rings. The number of likely N-dealkylation sites (tertiary alicyclic amines) is 1. The molecule has 0 aliphatic carbocycles. The van der Waals surface area contributed by atoms with E-state index in [1.54, 1.807) is 36.4 Å². The van der Waals surface area contributed by atoms with Crippen molar-refractivity contribution in [3.05, 3.63) is 60.4 Å². The van der Waals surface area contributed by atoms with Gasteiger partial charge in [0.25, 0.3) is 5.91 Å². The Morgan fingerprint density at radius 3 is 2.00 bits per heavy atom. The fourth-order valence-electron chi connectivity index (χ4n) is 4.94. The number of hydrogen-bond acceptors (Lipinski definition) is 9. The number of morpholine rings is 2. The van der Waals surface area contributed by atoms with E-state index in [9.17, 15) is 9.59 Å². The molecule has 6 rings (SSSR count). The van der Waals surface area contributed by atoms with Gasteiger partial charge in [-0.3, -0.25) is 4.79 Å². The number of nitrogens with one attached hydrogen (secondary N) is 3. The Hall–Kier alpha value is -4.13. The van der Waals surface area contributed by atoms with E-state index < -0.39 is 0 Å². The predicted octanol–water partition coefficient (Wildman–Crippen LogP) is 3.50. The first-order valence-corrected chi connectivity index (χ1v) is 14.9. The van der Waals surface area contributed by atoms with Crippen molar-refractivity contribution in [3.8, 4) is 11.4 Å². The van der Waals surface area contributed by atoms with Gasteiger partial charge in [0.15, 0.2) is 5.82 Å². The van der Waals surface area contributed by atoms with Gasteiger partial charge in [-0.1, -0.05) is 6.92 Å². The highest BCUT2D eigenvalue weighted by Gasteiger charge is 2.21. The summed E-state index contributed by atoms with van der Waals surface area (Å²) in [5.74, 6) is 1.91. The molecule has 43 heavy (non-hydrogen) atoms. The lowest BCUT2D eigenvalue weighted by Crippen LogP contribution is -2.37. The normalized spacial score (nSPS) is 17.4. The SMILES string of the molecule is C1COCCN1.CC1CCN(C(=O)c2ccc(NC(=O)Nc3ccc(-c4ncnc(N5CCOCC5)n4)cc3)cc2)CC1. The molecule has 2 aromatic carbocycles. The van der Waals surface area contributed by atoms with Gasteiger partial charge < -0.3 is 35.2 Å². The van der Waals surface area contributed by atoms with Gasteiger partial charge >= 0.3 is 6.03 Å². The van der Waals surface area contributed by atoms with E-state index >= 15 is 0 Å². The predicted molar refractivity (Wildman–Crippen MR) is 165 cm³/mol. The third-order valence-corrected chi connectivity index (χ3v) is 7.56. The third kappa shape index (κ3) is 8.93. The zero-order valence-electron chi connectivity index (χ0n) is 24.6. The Labute approximate surface area is 252 Å². The number of ether oxygens (including phenoxy) is 2. The highest BCUT2D eigenvalue weighted by molar-refractivity contribution is 6.00. The van der Waals surface area contributed by atoms with Crippen molar-refractivity contribution < 1.29 is 19.1 Å². The minimum Gasteiger partial charge on any atom is -0.379 e. The Kier molecular flexibility index (Phi) is 10.8. The average molecular weight is 589 g/mol. The van der Waals surface area contributed by atoms with Gasteiger partial charge in [-0.25, -0.2) is 14.8 Å². The third-order valence-electron chi connectivity index (χ3n) is 7.56. The highest BCUT2D eigenvalue weighted by Crippen LogP contribution is 2.21. The quantitative estimate of drug-likeness (QED) is 0.410. The van der Waals surface area contributed by atoms with Crippen LogP contribution >= 0.6 is 0 Å². The van der Waals surface area contributed by atoms with Gasteiger partial charge in [-0.05, 0) is 67.3 Å². The van der Waals surface area contributed by atoms with Crippen LogP contribution in [0.1, 0.15) is 30.1 Å². The first-order chi connectivity index (χ1) is 21.0. The molecule has 3 aliphatic heterocycles. The van der Waals surface area contributed by atoms with Crippen molar-refractivity contribution in [2.24, 2.45) is 5.92 Å². The van der Waals surface area contributed by atoms with E-state index in [-0.39, 0.29) is 11.9 Å². The van der Waals surface area contributed by atoms with E-state index in [1.807, 2.05) is 17.0 Å². The molecule has 3 aliphatic rings. The zero-order valence-corrected chi connectivity index (χ0v) is 24.6. The van der Waals surface area contributed by atoms with Gasteiger partial charge in [0.05, 0.1) is 26.4 Å². The Balaban J connectivity index is 0.000000548. The maximum absolute atomic E-state index is 12.7. The molecule has 1 aromatic heterocycles. The minimum atomic E-state index is -0.369. The minimum absolute atomic E-state index is 0.0400. The smallest absolute Gasteiger partial charge is 0.323 e. The number of benzene rings is 2. The lowest BCUT2D eigenvalue weighted by Gasteiger charge is -2.30. The molecule has 0 spiro atoms. The van der Waals surface area contributed by atoms with Gasteiger partial charge in [-0.2, -0.15) is 4.98 Å². The molecule has 0 bridgehead atoms. The monoisotopic (exact) mass is 588 g/mol. The summed E-state index contributed by atoms with van der Waals surface area (Å²) in [5.41, 5.74) is 2.70. The number of aromatic nitrogens is 3. The summed E-state index contributed by atoms with van der Waals surface area (Å²) in [6.45, 7) is 10.5. The van der Waals surface area contributed by atoms with E-state index in [4.69, 9.17) is 9.47 Å². The summed E-state index contributed by atoms with van der Waals surface area (Å²) in [6.07, 6.45) is 3.59. The summed E-state index contributed by atoms with van der Waals surface area (Å²) in [7, 11) is 0. The second-order valence-corrected chi connectivity index (χ2v) is 10.8. The molecular weight excluding hydrogens is 548 g/mol. The summed E-state index contributed by atoms with van der Waals surface area (Å²) < 4.78 is 10.4. The first-order valence-electron chi connectivity index (χ1n) is 14.9. The van der Waals surface area contributed by atoms with Crippen LogP contribution in [0.25, 0.3) is 11.4 Å². The largest absolute Gasteiger partial charge is 0.379 e. The second-order valence-electron chi connectivity index (χ2n) is 10.8. The van der Waals surface area contributed by atoms with Crippen LogP contribution in [0.4, 0.5) is 22.1 Å². The average Bonchev–Trinajstić information content (AvgIpc) is 3.07. The standard InChI is InChI=1S/C27H31N7O3.C4H9NO/c1-19-10-12-33(13-11-19)25(35)21-4-8-23(9-5-21)31-27(36)30-22-6-2-20(3-7-22)24-28-18-29-26(32-24)34-14-16-37-17-15-34;1-3-6-4-2-5-1/h2-9,18-19H,10-17H2,1H3,(H2,30,31,36);5H,1-4H2. The highest BCUT2D eigenvalue weighted by atomic mass is 16.5. The molecule has 3 saturated heterocycles. The molecule has 12 heteroatoms. The lowest BCUT2D eigenvalue weighted by atomic mass is 9.98. The van der Waals surface area contributed by atoms with Crippen LogP contribution in [0.15, 0.2) is 54.9 Å². The van der Waals surface area contributed by atoms with E-state index in [0.717, 1.165) is 70.9 Å². The summed E-state index contributed by atoms with van der Waals surface area (Å²) >= 11 is 0. The van der Waals surface area contributed by atoms with Crippen LogP contribution in [0, 0.1) is 5.92 Å². The van der Waals surface area contributed by atoms with Crippen molar-refractivity contribution in [2.45, 2.75) is 19.8 Å². The first kappa shape index (κ1) is 30.3. The van der Waals surface area contributed by atoms with Crippen molar-refractivity contribution >= 4 is 29.3 Å². The maximum Gasteiger partial charge on any atom is 0.323 e. The van der Waals surface area contributed by atoms with Gasteiger partial charge in [0, 0.05) is 61.8 Å². The van der Waals surface area contributed by atoms with Gasteiger partial charge in [0.2, 0.25) is 5.95 Å². The Morgan fingerprint density at radius 2 is 1.42 bits per heavy atom. The number of hydrogen-bond donors (Lipinski definition) is 3. The molecular formula is C31H40N8O4. The summed E-state index contributed by atoms with van der Waals surface area (Å²) in [6, 6.07) is 13.9. The van der Waals surface area contributed by atoms with Crippen LogP contribution in [0.5, 0.6) is 0 Å². The summed E-state index contributed by atoms with van der Waals surface area (Å²) in [4.78, 5) is 42.4. The van der Waals surface area contributed by atoms with E-state index in [0.29, 0.717) is 47.8 Å². The molecule has 228 valence electrons. The van der Waals surface area contributed by atoms with E-state index in [1.165, 1.54) is 6.33 Å². The molecule has 0 unspecified atom stereocenters. The summed E-state index contributed by atoms with van der Waals surface area (Å²) in [5, 5.41) is 8.79. The van der Waals surface area contributed by atoms with Crippen molar-refractivity contribution in [1.29, 1.82) is 0 Å². The lowest BCUT2D eigenvalue weighted by molar-refractivity contribution is 0.0697. The number of nitrogens with zero attached hydrogens (tertiary/aromatic N) is 5. The fourth-order valence-corrected chi connectivity index (χ4v) is 4.94. The number of anilines is 3.